The summed E-state index contributed by atoms with van der Waals surface area (Å²) in [6, 6.07) is 0. The molecule has 0 atom stereocenters. The molecule has 0 radical (unpaired) electrons. The molecule has 0 aliphatic carbocycles. The van der Waals surface area contributed by atoms with Crippen molar-refractivity contribution in [2.24, 2.45) is 5.92 Å². The van der Waals surface area contributed by atoms with Crippen molar-refractivity contribution < 1.29 is 21.7 Å². The Balaban J connectivity index is 3.99. The predicted octanol–water partition coefficient (Wildman–Crippen LogP) is -0.462. The molecule has 0 saturated heterocycles. The van der Waals surface area contributed by atoms with Crippen molar-refractivity contribution in [3.8, 4) is 0 Å². The fraction of sp³-hybridized carbons (Fsp3) is 1.00. The molecular weight excluding hydrogens is 242 g/mol. The van der Waals surface area contributed by atoms with Gasteiger partial charge in [0, 0.05) is 6.26 Å². The fourth-order valence-electron chi connectivity index (χ4n) is 0.593. The molecule has 0 saturated carbocycles. The molecule has 0 spiro atoms. The van der Waals surface area contributed by atoms with Crippen LogP contribution in [0.2, 0.25) is 0 Å². The van der Waals surface area contributed by atoms with Gasteiger partial charge in [0.05, 0.1) is 18.1 Å². The van der Waals surface area contributed by atoms with Gasteiger partial charge in [-0.25, -0.2) is 16.8 Å². The molecule has 0 bridgehead atoms. The van der Waals surface area contributed by atoms with E-state index in [-0.39, 0.29) is 12.5 Å². The minimum atomic E-state index is -3.66. The molecule has 0 aliphatic rings. The number of hydrogen-bond acceptors (Lipinski definition) is 5. The number of rotatable bonds is 7. The third-order valence-corrected chi connectivity index (χ3v) is 3.64. The number of sulfone groups is 1. The second-order valence-corrected chi connectivity index (χ2v) is 7.80. The molecule has 0 aliphatic heterocycles. The van der Waals surface area contributed by atoms with Crippen molar-refractivity contribution in [3.05, 3.63) is 0 Å². The zero-order valence-corrected chi connectivity index (χ0v) is 10.7. The van der Waals surface area contributed by atoms with Crippen LogP contribution in [0.5, 0.6) is 0 Å². The lowest BCUT2D eigenvalue weighted by Gasteiger charge is -2.08. The lowest BCUT2D eigenvalue weighted by atomic mass is 10.2. The van der Waals surface area contributed by atoms with Crippen molar-refractivity contribution in [2.45, 2.75) is 13.8 Å². The molecule has 15 heavy (non-hydrogen) atoms. The fourth-order valence-corrected chi connectivity index (χ4v) is 3.01. The van der Waals surface area contributed by atoms with E-state index in [1.165, 1.54) is 0 Å². The highest BCUT2D eigenvalue weighted by atomic mass is 32.2. The number of hydrogen-bond donors (Lipinski definition) is 1. The van der Waals surface area contributed by atoms with Crippen LogP contribution in [-0.2, 0) is 24.7 Å². The van der Waals surface area contributed by atoms with Crippen LogP contribution >= 0.6 is 0 Å². The molecule has 0 aromatic rings. The van der Waals surface area contributed by atoms with Gasteiger partial charge >= 0.3 is 0 Å². The van der Waals surface area contributed by atoms with Gasteiger partial charge < -0.3 is 0 Å². The second kappa shape index (κ2) is 5.78. The van der Waals surface area contributed by atoms with Crippen LogP contribution in [0.25, 0.3) is 0 Å². The number of sulfonamides is 1. The van der Waals surface area contributed by atoms with Crippen molar-refractivity contribution in [1.82, 2.24) is 4.89 Å². The zero-order chi connectivity index (χ0) is 12.1. The maximum atomic E-state index is 11.2. The molecule has 0 aromatic heterocycles. The van der Waals surface area contributed by atoms with E-state index < -0.39 is 31.4 Å². The van der Waals surface area contributed by atoms with Gasteiger partial charge in [0.2, 0.25) is 10.0 Å². The first-order valence-corrected chi connectivity index (χ1v) is 8.12. The van der Waals surface area contributed by atoms with Gasteiger partial charge in [-0.3, -0.25) is 4.84 Å². The summed E-state index contributed by atoms with van der Waals surface area (Å²) < 4.78 is 43.8. The Bertz CT molecular complexity index is 370. The first kappa shape index (κ1) is 14.8. The van der Waals surface area contributed by atoms with E-state index in [0.717, 1.165) is 6.26 Å². The molecule has 0 heterocycles. The molecule has 0 fully saturated rings. The van der Waals surface area contributed by atoms with E-state index in [0.29, 0.717) is 0 Å². The summed E-state index contributed by atoms with van der Waals surface area (Å²) in [5.41, 5.74) is 0. The zero-order valence-electron chi connectivity index (χ0n) is 9.06. The maximum absolute atomic E-state index is 11.2. The lowest BCUT2D eigenvalue weighted by Crippen LogP contribution is -2.30. The predicted molar refractivity (Wildman–Crippen MR) is 57.4 cm³/mol. The first-order valence-electron chi connectivity index (χ1n) is 4.41. The Morgan fingerprint density at radius 2 is 1.67 bits per heavy atom. The van der Waals surface area contributed by atoms with Crippen molar-refractivity contribution in [2.75, 3.05) is 24.4 Å². The van der Waals surface area contributed by atoms with Crippen molar-refractivity contribution in [3.63, 3.8) is 0 Å². The SMILES string of the molecule is CC(C)CONS(=O)(=O)CCS(C)(=O)=O. The van der Waals surface area contributed by atoms with Gasteiger partial charge in [-0.15, -0.1) is 0 Å². The first-order chi connectivity index (χ1) is 6.62. The second-order valence-electron chi connectivity index (χ2n) is 3.74. The van der Waals surface area contributed by atoms with Gasteiger partial charge in [0.15, 0.2) is 0 Å². The summed E-state index contributed by atoms with van der Waals surface area (Å²) in [7, 11) is -6.94. The summed E-state index contributed by atoms with van der Waals surface area (Å²) in [6.07, 6.45) is 0.984. The summed E-state index contributed by atoms with van der Waals surface area (Å²) >= 11 is 0. The minimum absolute atomic E-state index is 0.197. The van der Waals surface area contributed by atoms with E-state index in [9.17, 15) is 16.8 Å². The highest BCUT2D eigenvalue weighted by Crippen LogP contribution is 1.93. The maximum Gasteiger partial charge on any atom is 0.234 e. The summed E-state index contributed by atoms with van der Waals surface area (Å²) in [6.45, 7) is 3.98. The third-order valence-electron chi connectivity index (χ3n) is 1.33. The van der Waals surface area contributed by atoms with E-state index in [2.05, 4.69) is 0 Å². The Kier molecular flexibility index (Phi) is 5.71. The molecule has 0 aromatic carbocycles. The van der Waals surface area contributed by atoms with Gasteiger partial charge in [-0.05, 0) is 5.92 Å². The van der Waals surface area contributed by atoms with Gasteiger partial charge in [0.1, 0.15) is 9.84 Å². The molecular formula is C7H17NO5S2. The normalized spacial score (nSPS) is 13.3. The largest absolute Gasteiger partial charge is 0.287 e. The Morgan fingerprint density at radius 1 is 1.13 bits per heavy atom. The monoisotopic (exact) mass is 259 g/mol. The lowest BCUT2D eigenvalue weighted by molar-refractivity contribution is 0.0720. The Hall–Kier alpha value is -0.180. The van der Waals surface area contributed by atoms with E-state index in [1.807, 2.05) is 18.7 Å². The average Bonchev–Trinajstić information content (AvgIpc) is 1.99. The average molecular weight is 259 g/mol. The van der Waals surface area contributed by atoms with Crippen LogP contribution in [0.1, 0.15) is 13.8 Å². The van der Waals surface area contributed by atoms with Crippen LogP contribution in [0.3, 0.4) is 0 Å². The summed E-state index contributed by atoms with van der Waals surface area (Å²) in [4.78, 5) is 6.56. The van der Waals surface area contributed by atoms with Crippen molar-refractivity contribution in [1.29, 1.82) is 0 Å². The van der Waals surface area contributed by atoms with E-state index >= 15 is 0 Å². The molecule has 92 valence electrons. The third kappa shape index (κ3) is 10.1. The molecule has 8 heteroatoms. The van der Waals surface area contributed by atoms with Crippen LogP contribution in [0.15, 0.2) is 0 Å². The van der Waals surface area contributed by atoms with Crippen LogP contribution in [0, 0.1) is 5.92 Å². The smallest absolute Gasteiger partial charge is 0.234 e. The van der Waals surface area contributed by atoms with Crippen LogP contribution < -0.4 is 4.89 Å². The van der Waals surface area contributed by atoms with Crippen LogP contribution in [0.4, 0.5) is 0 Å². The summed E-state index contributed by atoms with van der Waals surface area (Å²) in [5, 5.41) is 0. The highest BCUT2D eigenvalue weighted by molar-refractivity contribution is 7.93. The number of nitrogens with one attached hydrogen (secondary N) is 1. The van der Waals surface area contributed by atoms with E-state index in [1.54, 1.807) is 0 Å². The van der Waals surface area contributed by atoms with Gasteiger partial charge in [-0.2, -0.15) is 0 Å². The minimum Gasteiger partial charge on any atom is -0.287 e. The van der Waals surface area contributed by atoms with E-state index in [4.69, 9.17) is 4.84 Å². The molecule has 6 nitrogen and oxygen atoms in total. The molecule has 0 amide bonds. The quantitative estimate of drug-likeness (QED) is 0.625. The topological polar surface area (TPSA) is 89.5 Å². The molecule has 0 unspecified atom stereocenters. The van der Waals surface area contributed by atoms with Gasteiger partial charge in [-0.1, -0.05) is 18.7 Å². The summed E-state index contributed by atoms with van der Waals surface area (Å²) in [5.74, 6) is -0.695. The molecule has 0 rings (SSSR count). The van der Waals surface area contributed by atoms with Crippen LogP contribution in [-0.4, -0.2) is 41.2 Å². The highest BCUT2D eigenvalue weighted by Gasteiger charge is 2.14. The van der Waals surface area contributed by atoms with Gasteiger partial charge in [0.25, 0.3) is 0 Å². The Morgan fingerprint density at radius 3 is 2.07 bits per heavy atom. The standard InChI is InChI=1S/C7H17NO5S2/c1-7(2)6-13-8-15(11,12)5-4-14(3,9)10/h7-8H,4-6H2,1-3H3. The molecule has 1 N–H and O–H groups in total. The Labute approximate surface area is 90.9 Å². The van der Waals surface area contributed by atoms with Crippen molar-refractivity contribution >= 4 is 19.9 Å².